The molecule has 2 nitrogen and oxygen atoms in total. The second-order valence-corrected chi connectivity index (χ2v) is 5.93. The Hall–Kier alpha value is -0.800. The van der Waals surface area contributed by atoms with E-state index in [9.17, 15) is 0 Å². The van der Waals surface area contributed by atoms with Crippen molar-refractivity contribution in [1.82, 2.24) is 0 Å². The van der Waals surface area contributed by atoms with Crippen LogP contribution in [0, 0.1) is 5.41 Å². The van der Waals surface area contributed by atoms with E-state index in [0.29, 0.717) is 15.4 Å². The summed E-state index contributed by atoms with van der Waals surface area (Å²) >= 11 is 11.2. The van der Waals surface area contributed by atoms with Crippen LogP contribution in [-0.2, 0) is 0 Å². The zero-order chi connectivity index (χ0) is 13.2. The fourth-order valence-corrected chi connectivity index (χ4v) is 3.09. The van der Waals surface area contributed by atoms with E-state index in [-0.39, 0.29) is 0 Å². The maximum absolute atomic E-state index is 6.15. The summed E-state index contributed by atoms with van der Waals surface area (Å²) < 4.78 is 0. The highest BCUT2D eigenvalue weighted by Crippen LogP contribution is 2.44. The largest absolute Gasteiger partial charge is 0.389 e. The van der Waals surface area contributed by atoms with Crippen LogP contribution in [0.3, 0.4) is 0 Å². The van der Waals surface area contributed by atoms with Crippen molar-refractivity contribution in [3.8, 4) is 0 Å². The van der Waals surface area contributed by atoms with Crippen LogP contribution >= 0.6 is 23.8 Å². The number of benzene rings is 1. The molecule has 0 spiro atoms. The monoisotopic (exact) mass is 282 g/mol. The van der Waals surface area contributed by atoms with Crippen LogP contribution in [0.25, 0.3) is 0 Å². The molecule has 0 aliphatic heterocycles. The molecule has 3 N–H and O–H groups in total. The Morgan fingerprint density at radius 1 is 1.50 bits per heavy atom. The van der Waals surface area contributed by atoms with Crippen LogP contribution < -0.4 is 11.1 Å². The number of thiocarbonyl (C=S) groups is 1. The molecule has 0 aromatic heterocycles. The molecule has 0 unspecified atom stereocenters. The predicted molar refractivity (Wildman–Crippen MR) is 82.4 cm³/mol. The van der Waals surface area contributed by atoms with Crippen LogP contribution in [-0.4, -0.2) is 11.5 Å². The molecule has 1 aliphatic rings. The van der Waals surface area contributed by atoms with Gasteiger partial charge in [0.1, 0.15) is 4.99 Å². The lowest BCUT2D eigenvalue weighted by atomic mass is 9.67. The molecule has 0 amide bonds. The van der Waals surface area contributed by atoms with Gasteiger partial charge in [0.25, 0.3) is 0 Å². The highest BCUT2D eigenvalue weighted by atomic mass is 35.5. The lowest BCUT2D eigenvalue weighted by molar-refractivity contribution is 0.145. The van der Waals surface area contributed by atoms with Gasteiger partial charge in [0.2, 0.25) is 0 Å². The minimum absolute atomic E-state index is 0.349. The standard InChI is InChI=1S/C14H19ClN2S/c1-2-14(7-4-8-14)9-17-11-6-3-5-10(15)12(11)13(16)18/h3,5-6,17H,2,4,7-9H2,1H3,(H2,16,18). The molecular weight excluding hydrogens is 264 g/mol. The SMILES string of the molecule is CCC1(CNc2cccc(Cl)c2C(N)=S)CCC1. The quantitative estimate of drug-likeness (QED) is 0.803. The summed E-state index contributed by atoms with van der Waals surface area (Å²) in [5, 5.41) is 4.09. The fourth-order valence-electron chi connectivity index (χ4n) is 2.54. The Morgan fingerprint density at radius 2 is 2.22 bits per heavy atom. The van der Waals surface area contributed by atoms with Gasteiger partial charge in [-0.1, -0.05) is 43.2 Å². The molecular formula is C14H19ClN2S. The smallest absolute Gasteiger partial charge is 0.107 e. The zero-order valence-corrected chi connectivity index (χ0v) is 12.2. The molecule has 18 heavy (non-hydrogen) atoms. The second-order valence-electron chi connectivity index (χ2n) is 5.09. The Kier molecular flexibility index (Phi) is 4.13. The van der Waals surface area contributed by atoms with Gasteiger partial charge < -0.3 is 11.1 Å². The van der Waals surface area contributed by atoms with E-state index in [1.165, 1.54) is 25.7 Å². The third kappa shape index (κ3) is 2.62. The van der Waals surface area contributed by atoms with E-state index in [2.05, 4.69) is 12.2 Å². The van der Waals surface area contributed by atoms with Crippen molar-refractivity contribution < 1.29 is 0 Å². The summed E-state index contributed by atoms with van der Waals surface area (Å²) in [5.74, 6) is 0. The normalized spacial score (nSPS) is 17.0. The molecule has 0 atom stereocenters. The molecule has 1 aliphatic carbocycles. The third-order valence-corrected chi connectivity index (χ3v) is 4.60. The molecule has 4 heteroatoms. The van der Waals surface area contributed by atoms with Crippen LogP contribution in [0.4, 0.5) is 5.69 Å². The van der Waals surface area contributed by atoms with Crippen molar-refractivity contribution in [3.63, 3.8) is 0 Å². The maximum Gasteiger partial charge on any atom is 0.107 e. The Balaban J connectivity index is 2.14. The first-order valence-electron chi connectivity index (χ1n) is 6.40. The predicted octanol–water partition coefficient (Wildman–Crippen LogP) is 3.97. The highest BCUT2D eigenvalue weighted by Gasteiger charge is 2.34. The van der Waals surface area contributed by atoms with E-state index < -0.39 is 0 Å². The average molecular weight is 283 g/mol. The number of halogens is 1. The molecule has 1 aromatic carbocycles. The van der Waals surface area contributed by atoms with Gasteiger partial charge >= 0.3 is 0 Å². The van der Waals surface area contributed by atoms with Gasteiger partial charge in [-0.15, -0.1) is 0 Å². The first-order chi connectivity index (χ1) is 8.58. The van der Waals surface area contributed by atoms with E-state index in [1.54, 1.807) is 0 Å². The van der Waals surface area contributed by atoms with E-state index >= 15 is 0 Å². The lowest BCUT2D eigenvalue weighted by Gasteiger charge is -2.41. The molecule has 0 radical (unpaired) electrons. The third-order valence-electron chi connectivity index (χ3n) is 4.08. The number of anilines is 1. The van der Waals surface area contributed by atoms with Crippen molar-refractivity contribution in [3.05, 3.63) is 28.8 Å². The number of nitrogens with two attached hydrogens (primary N) is 1. The van der Waals surface area contributed by atoms with Gasteiger partial charge in [-0.25, -0.2) is 0 Å². The van der Waals surface area contributed by atoms with E-state index in [0.717, 1.165) is 17.8 Å². The molecule has 1 saturated carbocycles. The van der Waals surface area contributed by atoms with Crippen molar-refractivity contribution in [2.45, 2.75) is 32.6 Å². The molecule has 0 saturated heterocycles. The van der Waals surface area contributed by atoms with Crippen LogP contribution in [0.15, 0.2) is 18.2 Å². The Morgan fingerprint density at radius 3 is 2.72 bits per heavy atom. The van der Waals surface area contributed by atoms with E-state index in [1.807, 2.05) is 18.2 Å². The number of hydrogen-bond acceptors (Lipinski definition) is 2. The summed E-state index contributed by atoms with van der Waals surface area (Å²) in [7, 11) is 0. The van der Waals surface area contributed by atoms with Crippen molar-refractivity contribution >= 4 is 34.5 Å². The molecule has 1 fully saturated rings. The molecule has 2 rings (SSSR count). The molecule has 98 valence electrons. The van der Waals surface area contributed by atoms with Gasteiger partial charge in [-0.3, -0.25) is 0 Å². The molecule has 0 heterocycles. The van der Waals surface area contributed by atoms with Crippen LogP contribution in [0.5, 0.6) is 0 Å². The lowest BCUT2D eigenvalue weighted by Crippen LogP contribution is -2.36. The van der Waals surface area contributed by atoms with Gasteiger partial charge in [0.05, 0.1) is 10.6 Å². The summed E-state index contributed by atoms with van der Waals surface area (Å²) in [5.41, 5.74) is 7.91. The number of nitrogens with one attached hydrogen (secondary N) is 1. The molecule has 0 bridgehead atoms. The van der Waals surface area contributed by atoms with Gasteiger partial charge in [-0.05, 0) is 36.8 Å². The maximum atomic E-state index is 6.15. The summed E-state index contributed by atoms with van der Waals surface area (Å²) in [6, 6.07) is 5.73. The van der Waals surface area contributed by atoms with Gasteiger partial charge in [0, 0.05) is 12.2 Å². The fraction of sp³-hybridized carbons (Fsp3) is 0.500. The molecule has 1 aromatic rings. The Labute approximate surface area is 119 Å². The topological polar surface area (TPSA) is 38.0 Å². The summed E-state index contributed by atoms with van der Waals surface area (Å²) in [6.45, 7) is 3.23. The highest BCUT2D eigenvalue weighted by molar-refractivity contribution is 7.80. The first-order valence-corrected chi connectivity index (χ1v) is 7.19. The number of rotatable bonds is 5. The Bertz CT molecular complexity index is 450. The summed E-state index contributed by atoms with van der Waals surface area (Å²) in [4.78, 5) is 0.349. The minimum Gasteiger partial charge on any atom is -0.389 e. The first kappa shape index (κ1) is 13.6. The van der Waals surface area contributed by atoms with Crippen molar-refractivity contribution in [2.24, 2.45) is 11.1 Å². The van der Waals surface area contributed by atoms with E-state index in [4.69, 9.17) is 29.6 Å². The van der Waals surface area contributed by atoms with Gasteiger partial charge in [0.15, 0.2) is 0 Å². The van der Waals surface area contributed by atoms with Crippen LogP contribution in [0.1, 0.15) is 38.2 Å². The zero-order valence-electron chi connectivity index (χ0n) is 10.6. The number of hydrogen-bond donors (Lipinski definition) is 2. The van der Waals surface area contributed by atoms with Crippen molar-refractivity contribution in [2.75, 3.05) is 11.9 Å². The van der Waals surface area contributed by atoms with Crippen LogP contribution in [0.2, 0.25) is 5.02 Å². The minimum atomic E-state index is 0.349. The average Bonchev–Trinajstić information content (AvgIpc) is 2.27. The van der Waals surface area contributed by atoms with Gasteiger partial charge in [-0.2, -0.15) is 0 Å². The second kappa shape index (κ2) is 5.45. The summed E-state index contributed by atoms with van der Waals surface area (Å²) in [6.07, 6.45) is 5.16. The van der Waals surface area contributed by atoms with Crippen molar-refractivity contribution in [1.29, 1.82) is 0 Å².